The lowest BCUT2D eigenvalue weighted by Gasteiger charge is -2.58. The summed E-state index contributed by atoms with van der Waals surface area (Å²) in [7, 11) is 0. The standard InChI is InChI=1S/C27H46O.C5H8O4/c1-18(2)7-6-8-19(3)23-11-12-24-22-10-9-20-17-21(28)13-15-26(20,4)25(22)14-16-27(23,24)5;6-4(7)2-1-3-5(8)9/h9,18-19,21-25,28H,6-8,10-17H2,1-5H3;1-3H2,(H,6,7)(H,8,9)/t19-,21+,22+,23-,24+,25+,26+,27-;/m1./s1. The lowest BCUT2D eigenvalue weighted by atomic mass is 9.47. The molecule has 5 heteroatoms. The van der Waals surface area contributed by atoms with Gasteiger partial charge in [-0.15, -0.1) is 0 Å². The highest BCUT2D eigenvalue weighted by atomic mass is 16.4. The van der Waals surface area contributed by atoms with Crippen LogP contribution >= 0.6 is 0 Å². The lowest BCUT2D eigenvalue weighted by molar-refractivity contribution is -0.138. The molecule has 4 rings (SSSR count). The Hall–Kier alpha value is -1.36. The molecule has 0 aliphatic heterocycles. The Labute approximate surface area is 225 Å². The van der Waals surface area contributed by atoms with Crippen molar-refractivity contribution in [2.24, 2.45) is 46.3 Å². The van der Waals surface area contributed by atoms with Crippen molar-refractivity contribution in [2.45, 2.75) is 131 Å². The smallest absolute Gasteiger partial charge is 0.303 e. The van der Waals surface area contributed by atoms with Crippen molar-refractivity contribution in [3.8, 4) is 0 Å². The number of fused-ring (bicyclic) bond motifs is 5. The first-order valence-electron chi connectivity index (χ1n) is 15.2. The molecule has 3 saturated carbocycles. The van der Waals surface area contributed by atoms with Crippen molar-refractivity contribution < 1.29 is 24.9 Å². The number of carboxylic acid groups (broad SMARTS) is 2. The van der Waals surface area contributed by atoms with Crippen LogP contribution in [0.25, 0.3) is 0 Å². The van der Waals surface area contributed by atoms with E-state index in [-0.39, 0.29) is 25.4 Å². The lowest BCUT2D eigenvalue weighted by Crippen LogP contribution is -2.50. The summed E-state index contributed by atoms with van der Waals surface area (Å²) in [6.07, 6.45) is 17.2. The zero-order chi connectivity index (χ0) is 27.4. The fraction of sp³-hybridized carbons (Fsp3) is 0.875. The minimum Gasteiger partial charge on any atom is -0.481 e. The van der Waals surface area contributed by atoms with Crippen molar-refractivity contribution in [3.63, 3.8) is 0 Å². The number of hydrogen-bond donors (Lipinski definition) is 3. The number of aliphatic hydroxyl groups excluding tert-OH is 1. The van der Waals surface area contributed by atoms with Gasteiger partial charge >= 0.3 is 11.9 Å². The second kappa shape index (κ2) is 12.7. The molecule has 212 valence electrons. The molecule has 0 aromatic heterocycles. The number of carbonyl (C=O) groups is 2. The fourth-order valence-electron chi connectivity index (χ4n) is 9.06. The van der Waals surface area contributed by atoms with Crippen molar-refractivity contribution in [1.29, 1.82) is 0 Å². The first kappa shape index (κ1) is 30.2. The van der Waals surface area contributed by atoms with Crippen LogP contribution in [-0.4, -0.2) is 33.4 Å². The van der Waals surface area contributed by atoms with E-state index in [0.717, 1.165) is 48.3 Å². The molecule has 5 nitrogen and oxygen atoms in total. The minimum atomic E-state index is -0.948. The van der Waals surface area contributed by atoms with Crippen LogP contribution in [0.1, 0.15) is 125 Å². The summed E-state index contributed by atoms with van der Waals surface area (Å²) >= 11 is 0. The number of rotatable bonds is 9. The Bertz CT molecular complexity index is 804. The zero-order valence-corrected chi connectivity index (χ0v) is 24.2. The summed E-state index contributed by atoms with van der Waals surface area (Å²) in [6, 6.07) is 0. The molecule has 3 N–H and O–H groups in total. The van der Waals surface area contributed by atoms with Crippen LogP contribution in [0.3, 0.4) is 0 Å². The van der Waals surface area contributed by atoms with Crippen LogP contribution in [0.4, 0.5) is 0 Å². The van der Waals surface area contributed by atoms with E-state index >= 15 is 0 Å². The minimum absolute atomic E-state index is 0.0632. The number of aliphatic hydroxyl groups is 1. The highest BCUT2D eigenvalue weighted by molar-refractivity contribution is 5.69. The van der Waals surface area contributed by atoms with Gasteiger partial charge in [0, 0.05) is 12.8 Å². The van der Waals surface area contributed by atoms with Gasteiger partial charge in [0.2, 0.25) is 0 Å². The Morgan fingerprint density at radius 2 is 1.59 bits per heavy atom. The molecule has 0 unspecified atom stereocenters. The molecule has 0 amide bonds. The quantitative estimate of drug-likeness (QED) is 0.272. The molecule has 0 aromatic rings. The summed E-state index contributed by atoms with van der Waals surface area (Å²) in [5.74, 6) is 3.56. The maximum atomic E-state index is 10.2. The molecular formula is C32H54O5. The third-order valence-corrected chi connectivity index (χ3v) is 11.1. The Kier molecular flexibility index (Phi) is 10.3. The third kappa shape index (κ3) is 6.99. The molecule has 0 bridgehead atoms. The van der Waals surface area contributed by atoms with E-state index in [2.05, 4.69) is 40.7 Å². The topological polar surface area (TPSA) is 94.8 Å². The maximum absolute atomic E-state index is 10.2. The van der Waals surface area contributed by atoms with E-state index in [1.54, 1.807) is 5.57 Å². The summed E-state index contributed by atoms with van der Waals surface area (Å²) < 4.78 is 0. The largest absolute Gasteiger partial charge is 0.481 e. The van der Waals surface area contributed by atoms with Crippen molar-refractivity contribution >= 4 is 11.9 Å². The molecule has 0 spiro atoms. The van der Waals surface area contributed by atoms with Crippen molar-refractivity contribution in [1.82, 2.24) is 0 Å². The van der Waals surface area contributed by atoms with E-state index in [1.165, 1.54) is 57.8 Å². The van der Waals surface area contributed by atoms with Gasteiger partial charge in [0.05, 0.1) is 6.10 Å². The number of hydrogen-bond acceptors (Lipinski definition) is 3. The normalized spacial score (nSPS) is 37.4. The van der Waals surface area contributed by atoms with Crippen LogP contribution in [-0.2, 0) is 9.59 Å². The molecule has 0 heterocycles. The SMILES string of the molecule is CC(C)CCC[C@@H](C)[C@H]1CC[C@H]2[C@@H]3CC=C4C[C@@H](O)CC[C@]4(C)[C@H]3CC[C@]12C.O=C(O)CCCC(=O)O. The van der Waals surface area contributed by atoms with Crippen molar-refractivity contribution in [2.75, 3.05) is 0 Å². The molecule has 4 aliphatic rings. The van der Waals surface area contributed by atoms with Gasteiger partial charge in [-0.2, -0.15) is 0 Å². The van der Waals surface area contributed by atoms with Crippen LogP contribution < -0.4 is 0 Å². The maximum Gasteiger partial charge on any atom is 0.303 e. The molecule has 0 aromatic carbocycles. The predicted molar refractivity (Wildman–Crippen MR) is 148 cm³/mol. The van der Waals surface area contributed by atoms with Crippen LogP contribution in [0.15, 0.2) is 11.6 Å². The highest BCUT2D eigenvalue weighted by Crippen LogP contribution is 2.67. The Morgan fingerprint density at radius 1 is 0.919 bits per heavy atom. The van der Waals surface area contributed by atoms with Gasteiger partial charge < -0.3 is 15.3 Å². The van der Waals surface area contributed by atoms with E-state index in [1.807, 2.05) is 0 Å². The summed E-state index contributed by atoms with van der Waals surface area (Å²) in [5.41, 5.74) is 2.60. The number of aliphatic carboxylic acids is 2. The van der Waals surface area contributed by atoms with Gasteiger partial charge in [-0.3, -0.25) is 9.59 Å². The Balaban J connectivity index is 0.000000364. The van der Waals surface area contributed by atoms with E-state index in [9.17, 15) is 14.7 Å². The molecule has 4 aliphatic carbocycles. The molecule has 0 saturated heterocycles. The first-order chi connectivity index (χ1) is 17.4. The molecule has 37 heavy (non-hydrogen) atoms. The number of allylic oxidation sites excluding steroid dienone is 1. The highest BCUT2D eigenvalue weighted by Gasteiger charge is 2.59. The van der Waals surface area contributed by atoms with Gasteiger partial charge in [0.1, 0.15) is 0 Å². The van der Waals surface area contributed by atoms with Gasteiger partial charge in [-0.05, 0) is 104 Å². The van der Waals surface area contributed by atoms with Gasteiger partial charge in [0.25, 0.3) is 0 Å². The van der Waals surface area contributed by atoms with Crippen LogP contribution in [0, 0.1) is 46.3 Å². The van der Waals surface area contributed by atoms with Gasteiger partial charge in [-0.25, -0.2) is 0 Å². The Morgan fingerprint density at radius 3 is 2.22 bits per heavy atom. The van der Waals surface area contributed by atoms with Crippen LogP contribution in [0.2, 0.25) is 0 Å². The molecular weight excluding hydrogens is 464 g/mol. The van der Waals surface area contributed by atoms with E-state index in [4.69, 9.17) is 10.2 Å². The first-order valence-corrected chi connectivity index (χ1v) is 15.2. The fourth-order valence-corrected chi connectivity index (χ4v) is 9.06. The average molecular weight is 519 g/mol. The van der Waals surface area contributed by atoms with E-state index in [0.29, 0.717) is 10.8 Å². The average Bonchev–Trinajstić information content (AvgIpc) is 3.16. The second-order valence-corrected chi connectivity index (χ2v) is 13.8. The molecule has 8 atom stereocenters. The number of carboxylic acids is 2. The van der Waals surface area contributed by atoms with E-state index < -0.39 is 11.9 Å². The second-order valence-electron chi connectivity index (χ2n) is 13.8. The monoisotopic (exact) mass is 518 g/mol. The van der Waals surface area contributed by atoms with Gasteiger partial charge in [-0.1, -0.05) is 65.5 Å². The summed E-state index contributed by atoms with van der Waals surface area (Å²) in [6.45, 7) is 12.6. The molecule has 0 radical (unpaired) electrons. The summed E-state index contributed by atoms with van der Waals surface area (Å²) in [4.78, 5) is 19.6. The summed E-state index contributed by atoms with van der Waals surface area (Å²) in [5, 5.41) is 26.3. The molecule has 3 fully saturated rings. The van der Waals surface area contributed by atoms with Crippen LogP contribution in [0.5, 0.6) is 0 Å². The van der Waals surface area contributed by atoms with Crippen molar-refractivity contribution in [3.05, 3.63) is 11.6 Å². The van der Waals surface area contributed by atoms with Gasteiger partial charge in [0.15, 0.2) is 0 Å². The third-order valence-electron chi connectivity index (χ3n) is 11.1. The zero-order valence-electron chi connectivity index (χ0n) is 24.2. The predicted octanol–water partition coefficient (Wildman–Crippen LogP) is 7.71.